The average molecular weight is 310 g/mol. The first-order chi connectivity index (χ1) is 9.70. The van der Waals surface area contributed by atoms with Crippen molar-refractivity contribution >= 4 is 29.3 Å². The lowest BCUT2D eigenvalue weighted by molar-refractivity contribution is 0.626. The van der Waals surface area contributed by atoms with Crippen molar-refractivity contribution in [1.82, 2.24) is 29.7 Å². The molecule has 7 nitrogen and oxygen atoms in total. The molecule has 2 heterocycles. The molecule has 2 fully saturated rings. The standard InChI is InChI=1S/C11H12ClN7S/c12-8-14-9(13)16-10(15-8)20-11-18-17-7(5-1-2-5)19(11)6-3-4-6/h5-6H,1-4H2,(H2,13,14,15,16). The van der Waals surface area contributed by atoms with Crippen LogP contribution in [0.1, 0.15) is 43.5 Å². The molecule has 2 aromatic rings. The van der Waals surface area contributed by atoms with Gasteiger partial charge in [0.15, 0.2) is 5.16 Å². The molecule has 2 aliphatic rings. The lowest BCUT2D eigenvalue weighted by atomic mass is 10.4. The van der Waals surface area contributed by atoms with Gasteiger partial charge in [0, 0.05) is 12.0 Å². The minimum atomic E-state index is 0.0971. The number of hydrogen-bond acceptors (Lipinski definition) is 7. The van der Waals surface area contributed by atoms with Gasteiger partial charge in [-0.15, -0.1) is 10.2 Å². The Morgan fingerprint density at radius 1 is 1.10 bits per heavy atom. The lowest BCUT2D eigenvalue weighted by Gasteiger charge is -2.07. The summed E-state index contributed by atoms with van der Waals surface area (Å²) in [6.45, 7) is 0. The second-order valence-corrected chi connectivity index (χ2v) is 6.34. The Morgan fingerprint density at radius 3 is 2.55 bits per heavy atom. The molecule has 0 aliphatic heterocycles. The SMILES string of the molecule is Nc1nc(Cl)nc(Sc2nnc(C3CC3)n2C2CC2)n1. The van der Waals surface area contributed by atoms with Crippen molar-refractivity contribution in [3.05, 3.63) is 11.1 Å². The zero-order chi connectivity index (χ0) is 13.7. The minimum absolute atomic E-state index is 0.0971. The van der Waals surface area contributed by atoms with Gasteiger partial charge < -0.3 is 10.3 Å². The van der Waals surface area contributed by atoms with E-state index in [2.05, 4.69) is 29.7 Å². The molecule has 0 spiro atoms. The average Bonchev–Trinajstić information content (AvgIpc) is 3.28. The first-order valence-corrected chi connectivity index (χ1v) is 7.70. The molecular weight excluding hydrogens is 298 g/mol. The van der Waals surface area contributed by atoms with Crippen molar-refractivity contribution in [1.29, 1.82) is 0 Å². The maximum atomic E-state index is 5.80. The number of anilines is 1. The van der Waals surface area contributed by atoms with Gasteiger partial charge in [0.2, 0.25) is 16.4 Å². The molecule has 2 saturated carbocycles. The highest BCUT2D eigenvalue weighted by atomic mass is 35.5. The molecule has 0 atom stereocenters. The Morgan fingerprint density at radius 2 is 1.90 bits per heavy atom. The highest BCUT2D eigenvalue weighted by molar-refractivity contribution is 7.99. The predicted octanol–water partition coefficient (Wildman–Crippen LogP) is 2.06. The third-order valence-electron chi connectivity index (χ3n) is 3.33. The summed E-state index contributed by atoms with van der Waals surface area (Å²) in [6, 6.07) is 0.526. The van der Waals surface area contributed by atoms with E-state index in [4.69, 9.17) is 17.3 Å². The predicted molar refractivity (Wildman–Crippen MR) is 73.6 cm³/mol. The first-order valence-electron chi connectivity index (χ1n) is 6.50. The van der Waals surface area contributed by atoms with Crippen LogP contribution in [-0.4, -0.2) is 29.7 Å². The van der Waals surface area contributed by atoms with Crippen LogP contribution in [0.15, 0.2) is 10.3 Å². The summed E-state index contributed by atoms with van der Waals surface area (Å²) in [5, 5.41) is 9.99. The van der Waals surface area contributed by atoms with Crippen molar-refractivity contribution in [3.63, 3.8) is 0 Å². The van der Waals surface area contributed by atoms with E-state index in [1.807, 2.05) is 0 Å². The molecule has 0 unspecified atom stereocenters. The van der Waals surface area contributed by atoms with Crippen molar-refractivity contribution in [3.8, 4) is 0 Å². The van der Waals surface area contributed by atoms with E-state index in [-0.39, 0.29) is 11.2 Å². The number of rotatable bonds is 4. The highest BCUT2D eigenvalue weighted by Gasteiger charge is 2.36. The quantitative estimate of drug-likeness (QED) is 0.923. The summed E-state index contributed by atoms with van der Waals surface area (Å²) in [5.41, 5.74) is 5.58. The summed E-state index contributed by atoms with van der Waals surface area (Å²) in [6.07, 6.45) is 4.79. The molecule has 9 heteroatoms. The summed E-state index contributed by atoms with van der Waals surface area (Å²) in [4.78, 5) is 11.9. The monoisotopic (exact) mass is 309 g/mol. The normalized spacial score (nSPS) is 18.4. The summed E-state index contributed by atoms with van der Waals surface area (Å²) in [7, 11) is 0. The molecular formula is C11H12ClN7S. The number of halogens is 1. The molecule has 2 aliphatic carbocycles. The topological polar surface area (TPSA) is 95.4 Å². The number of hydrogen-bond donors (Lipinski definition) is 1. The van der Waals surface area contributed by atoms with Gasteiger partial charge in [0.1, 0.15) is 5.82 Å². The Bertz CT molecular complexity index is 645. The highest BCUT2D eigenvalue weighted by Crippen LogP contribution is 2.46. The second kappa shape index (κ2) is 4.56. The second-order valence-electron chi connectivity index (χ2n) is 5.06. The fourth-order valence-electron chi connectivity index (χ4n) is 2.13. The van der Waals surface area contributed by atoms with Gasteiger partial charge in [-0.25, -0.2) is 0 Å². The first kappa shape index (κ1) is 12.3. The fraction of sp³-hybridized carbons (Fsp3) is 0.545. The van der Waals surface area contributed by atoms with E-state index in [1.165, 1.54) is 37.4 Å². The van der Waals surface area contributed by atoms with Crippen LogP contribution >= 0.6 is 23.4 Å². The molecule has 2 aromatic heterocycles. The van der Waals surface area contributed by atoms with E-state index < -0.39 is 0 Å². The smallest absolute Gasteiger partial charge is 0.228 e. The lowest BCUT2D eigenvalue weighted by Crippen LogP contribution is -2.03. The van der Waals surface area contributed by atoms with Gasteiger partial charge in [0.25, 0.3) is 0 Å². The molecule has 0 saturated heterocycles. The number of nitrogens with two attached hydrogens (primary N) is 1. The Labute approximate surface area is 124 Å². The molecule has 0 amide bonds. The molecule has 0 radical (unpaired) electrons. The summed E-state index contributed by atoms with van der Waals surface area (Å²) in [5.74, 6) is 1.79. The number of nitrogen functional groups attached to an aromatic ring is 1. The fourth-order valence-corrected chi connectivity index (χ4v) is 3.20. The van der Waals surface area contributed by atoms with Crippen LogP contribution in [-0.2, 0) is 0 Å². The zero-order valence-corrected chi connectivity index (χ0v) is 12.1. The van der Waals surface area contributed by atoms with Gasteiger partial charge in [-0.2, -0.15) is 15.0 Å². The van der Waals surface area contributed by atoms with Crippen LogP contribution in [0.25, 0.3) is 0 Å². The van der Waals surface area contributed by atoms with Gasteiger partial charge >= 0.3 is 0 Å². The van der Waals surface area contributed by atoms with Crippen LogP contribution in [0, 0.1) is 0 Å². The largest absolute Gasteiger partial charge is 0.368 e. The van der Waals surface area contributed by atoms with E-state index in [1.54, 1.807) is 0 Å². The molecule has 104 valence electrons. The van der Waals surface area contributed by atoms with Crippen molar-refractivity contribution in [2.45, 2.75) is 48.0 Å². The Balaban J connectivity index is 1.68. The van der Waals surface area contributed by atoms with E-state index in [0.29, 0.717) is 17.1 Å². The Kier molecular flexibility index (Phi) is 2.81. The van der Waals surface area contributed by atoms with Gasteiger partial charge in [-0.05, 0) is 49.0 Å². The van der Waals surface area contributed by atoms with E-state index >= 15 is 0 Å². The van der Waals surface area contributed by atoms with Crippen molar-refractivity contribution in [2.75, 3.05) is 5.73 Å². The minimum Gasteiger partial charge on any atom is -0.368 e. The third-order valence-corrected chi connectivity index (χ3v) is 4.33. The number of aromatic nitrogens is 6. The van der Waals surface area contributed by atoms with Gasteiger partial charge in [-0.3, -0.25) is 0 Å². The molecule has 20 heavy (non-hydrogen) atoms. The number of nitrogens with zero attached hydrogens (tertiary/aromatic N) is 6. The zero-order valence-electron chi connectivity index (χ0n) is 10.5. The van der Waals surface area contributed by atoms with Crippen molar-refractivity contribution < 1.29 is 0 Å². The summed E-state index contributed by atoms with van der Waals surface area (Å²) >= 11 is 7.14. The van der Waals surface area contributed by atoms with Crippen LogP contribution in [0.3, 0.4) is 0 Å². The maximum Gasteiger partial charge on any atom is 0.228 e. The molecule has 0 aromatic carbocycles. The molecule has 2 N–H and O–H groups in total. The molecule has 0 bridgehead atoms. The third kappa shape index (κ3) is 2.33. The van der Waals surface area contributed by atoms with E-state index in [9.17, 15) is 0 Å². The van der Waals surface area contributed by atoms with Gasteiger partial charge in [0.05, 0.1) is 0 Å². The van der Waals surface area contributed by atoms with E-state index in [0.717, 1.165) is 11.0 Å². The summed E-state index contributed by atoms with van der Waals surface area (Å²) < 4.78 is 2.23. The van der Waals surface area contributed by atoms with Crippen LogP contribution in [0.4, 0.5) is 5.95 Å². The molecule has 4 rings (SSSR count). The van der Waals surface area contributed by atoms with Crippen molar-refractivity contribution in [2.24, 2.45) is 0 Å². The van der Waals surface area contributed by atoms with Crippen LogP contribution in [0.2, 0.25) is 5.28 Å². The Hall–Kier alpha value is -1.41. The maximum absolute atomic E-state index is 5.80. The van der Waals surface area contributed by atoms with Crippen LogP contribution < -0.4 is 5.73 Å². The van der Waals surface area contributed by atoms with Crippen LogP contribution in [0.5, 0.6) is 0 Å². The van der Waals surface area contributed by atoms with Gasteiger partial charge in [-0.1, -0.05) is 0 Å².